The number of amides is 2. The average Bonchev–Trinajstić information content (AvgIpc) is 2.68. The summed E-state index contributed by atoms with van der Waals surface area (Å²) in [5.41, 5.74) is -6.18. The van der Waals surface area contributed by atoms with Gasteiger partial charge in [-0.3, -0.25) is 4.79 Å². The van der Waals surface area contributed by atoms with Gasteiger partial charge in [0, 0.05) is 19.0 Å². The van der Waals surface area contributed by atoms with Crippen LogP contribution >= 0.6 is 0 Å². The number of carbonyl (C=O) groups is 2. The zero-order valence-corrected chi connectivity index (χ0v) is 17.9. The highest BCUT2D eigenvalue weighted by Crippen LogP contribution is 2.34. The highest BCUT2D eigenvalue weighted by atomic mass is 32.2. The number of carbonyl (C=O) groups excluding carboxylic acids is 2. The van der Waals surface area contributed by atoms with E-state index in [-0.39, 0.29) is 30.5 Å². The molecule has 0 bridgehead atoms. The summed E-state index contributed by atoms with van der Waals surface area (Å²) in [6.45, 7) is 2.46. The van der Waals surface area contributed by atoms with Crippen LogP contribution in [0, 0.1) is 0 Å². The molecule has 1 aliphatic rings. The third-order valence-electron chi connectivity index (χ3n) is 4.56. The molecule has 0 N–H and O–H groups in total. The fourth-order valence-corrected chi connectivity index (χ4v) is 3.93. The first-order valence-corrected chi connectivity index (χ1v) is 10.7. The van der Waals surface area contributed by atoms with Crippen molar-refractivity contribution in [3.05, 3.63) is 29.8 Å². The molecule has 2 amide bonds. The van der Waals surface area contributed by atoms with Gasteiger partial charge in [0.2, 0.25) is 0 Å². The smallest absolute Gasteiger partial charge is 0.449 e. The summed E-state index contributed by atoms with van der Waals surface area (Å²) in [6, 6.07) is 4.78. The monoisotopic (exact) mass is 465 g/mol. The Balaban J connectivity index is 2.55. The number of oxime groups is 1. The van der Waals surface area contributed by atoms with Crippen molar-refractivity contribution in [1.29, 1.82) is 0 Å². The van der Waals surface area contributed by atoms with Crippen LogP contribution in [0.25, 0.3) is 0 Å². The van der Waals surface area contributed by atoms with Crippen molar-refractivity contribution in [1.82, 2.24) is 4.90 Å². The maximum Gasteiger partial charge on any atom is 0.517 e. The second-order valence-electron chi connectivity index (χ2n) is 6.58. The molecule has 1 aromatic rings. The van der Waals surface area contributed by atoms with E-state index in [0.717, 1.165) is 6.07 Å². The summed E-state index contributed by atoms with van der Waals surface area (Å²) >= 11 is 0. The number of piperidine rings is 1. The van der Waals surface area contributed by atoms with Gasteiger partial charge in [0.05, 0.1) is 12.3 Å². The molecule has 0 radical (unpaired) electrons. The van der Waals surface area contributed by atoms with Crippen molar-refractivity contribution in [3.8, 4) is 0 Å². The van der Waals surface area contributed by atoms with Crippen molar-refractivity contribution in [2.45, 2.75) is 44.8 Å². The molecule has 172 valence electrons. The van der Waals surface area contributed by atoms with Gasteiger partial charge in [-0.25, -0.2) is 4.79 Å². The lowest BCUT2D eigenvalue weighted by molar-refractivity contribution is -0.128. The van der Waals surface area contributed by atoms with Gasteiger partial charge in [-0.15, -0.1) is 0 Å². The standard InChI is InChI=1S/C18H22F3N3O6S/c1-4-30-17(26)24(31(27,28)18(19,20)21)15-8-6-5-7-13(15)11-23-12(2)9-10-14(16(23)25)22-29-3/h5-8,12H,4,9-11H2,1-3H3/b22-14+. The van der Waals surface area contributed by atoms with Crippen molar-refractivity contribution < 1.29 is 40.8 Å². The lowest BCUT2D eigenvalue weighted by Gasteiger charge is -2.34. The molecule has 0 aromatic heterocycles. The van der Waals surface area contributed by atoms with E-state index in [1.165, 1.54) is 37.1 Å². The Hall–Kier alpha value is -2.83. The summed E-state index contributed by atoms with van der Waals surface area (Å²) in [6.07, 6.45) is -0.839. The van der Waals surface area contributed by atoms with Crippen LogP contribution in [0.5, 0.6) is 0 Å². The molecule has 9 nitrogen and oxygen atoms in total. The van der Waals surface area contributed by atoms with E-state index in [0.29, 0.717) is 12.8 Å². The van der Waals surface area contributed by atoms with Crippen LogP contribution in [0.1, 0.15) is 32.3 Å². The molecule has 1 fully saturated rings. The first-order valence-electron chi connectivity index (χ1n) is 9.22. The minimum atomic E-state index is -6.11. The molecule has 13 heteroatoms. The zero-order chi connectivity index (χ0) is 23.4. The van der Waals surface area contributed by atoms with E-state index in [4.69, 9.17) is 0 Å². The second kappa shape index (κ2) is 9.54. The normalized spacial score (nSPS) is 18.8. The number of sulfonamides is 1. The Bertz CT molecular complexity index is 965. The number of nitrogens with zero attached hydrogens (tertiary/aromatic N) is 3. The van der Waals surface area contributed by atoms with E-state index >= 15 is 0 Å². The Morgan fingerprint density at radius 1 is 1.32 bits per heavy atom. The van der Waals surface area contributed by atoms with Gasteiger partial charge in [-0.05, 0) is 31.9 Å². The quantitative estimate of drug-likeness (QED) is 0.598. The van der Waals surface area contributed by atoms with E-state index in [1.54, 1.807) is 6.92 Å². The van der Waals surface area contributed by atoms with E-state index in [9.17, 15) is 31.2 Å². The van der Waals surface area contributed by atoms with E-state index < -0.39 is 37.5 Å². The molecule has 1 aromatic carbocycles. The van der Waals surface area contributed by atoms with Crippen molar-refractivity contribution in [2.24, 2.45) is 5.16 Å². The lowest BCUT2D eigenvalue weighted by atomic mass is 10.00. The molecule has 0 saturated carbocycles. The van der Waals surface area contributed by atoms with Crippen LogP contribution in [-0.4, -0.2) is 56.3 Å². The summed E-state index contributed by atoms with van der Waals surface area (Å²) < 4.78 is 68.3. The summed E-state index contributed by atoms with van der Waals surface area (Å²) in [5.74, 6) is -0.503. The highest BCUT2D eigenvalue weighted by Gasteiger charge is 2.53. The van der Waals surface area contributed by atoms with E-state index in [1.807, 2.05) is 0 Å². The number of likely N-dealkylation sites (tertiary alicyclic amines) is 1. The Kier molecular flexibility index (Phi) is 7.52. The third kappa shape index (κ3) is 5.09. The molecule has 1 aliphatic heterocycles. The highest BCUT2D eigenvalue weighted by molar-refractivity contribution is 7.94. The van der Waals surface area contributed by atoms with Crippen LogP contribution in [-0.2, 0) is 30.9 Å². The van der Waals surface area contributed by atoms with Gasteiger partial charge in [-0.1, -0.05) is 23.4 Å². The van der Waals surface area contributed by atoms with Gasteiger partial charge in [0.1, 0.15) is 12.8 Å². The van der Waals surface area contributed by atoms with Crippen LogP contribution < -0.4 is 4.31 Å². The molecule has 1 heterocycles. The van der Waals surface area contributed by atoms with Crippen LogP contribution in [0.4, 0.5) is 23.7 Å². The second-order valence-corrected chi connectivity index (χ2v) is 8.36. The number of benzene rings is 1. The molecule has 31 heavy (non-hydrogen) atoms. The predicted octanol–water partition coefficient (Wildman–Crippen LogP) is 3.01. The minimum Gasteiger partial charge on any atom is -0.449 e. The van der Waals surface area contributed by atoms with Gasteiger partial charge in [0.15, 0.2) is 0 Å². The SMILES string of the molecule is CCOC(=O)N(c1ccccc1CN1C(=O)/C(=N/OC)CCC1C)S(=O)(=O)C(F)(F)F. The summed E-state index contributed by atoms with van der Waals surface area (Å²) in [5, 5.41) is 3.67. The number of anilines is 1. The average molecular weight is 465 g/mol. The number of halogens is 3. The first kappa shape index (κ1) is 24.4. The number of rotatable bonds is 6. The first-order chi connectivity index (χ1) is 14.5. The third-order valence-corrected chi connectivity index (χ3v) is 5.97. The molecule has 1 unspecified atom stereocenters. The van der Waals surface area contributed by atoms with Crippen molar-refractivity contribution in [2.75, 3.05) is 18.0 Å². The maximum atomic E-state index is 13.3. The van der Waals surface area contributed by atoms with Gasteiger partial charge in [0.25, 0.3) is 5.91 Å². The zero-order valence-electron chi connectivity index (χ0n) is 17.0. The number of hydrogen-bond acceptors (Lipinski definition) is 7. The Morgan fingerprint density at radius 2 is 1.97 bits per heavy atom. The van der Waals surface area contributed by atoms with Gasteiger partial charge in [-0.2, -0.15) is 25.9 Å². The van der Waals surface area contributed by atoms with Crippen LogP contribution in [0.15, 0.2) is 29.4 Å². The largest absolute Gasteiger partial charge is 0.517 e. The molecule has 2 rings (SSSR count). The lowest BCUT2D eigenvalue weighted by Crippen LogP contribution is -2.48. The Morgan fingerprint density at radius 3 is 2.55 bits per heavy atom. The number of ether oxygens (including phenoxy) is 1. The van der Waals surface area contributed by atoms with Crippen LogP contribution in [0.2, 0.25) is 0 Å². The topological polar surface area (TPSA) is 106 Å². The van der Waals surface area contributed by atoms with Crippen LogP contribution in [0.3, 0.4) is 0 Å². The van der Waals surface area contributed by atoms with Crippen molar-refractivity contribution in [3.63, 3.8) is 0 Å². The summed E-state index contributed by atoms with van der Waals surface area (Å²) in [4.78, 5) is 30.9. The minimum absolute atomic E-state index is 0.00208. The molecular weight excluding hydrogens is 443 g/mol. The molecule has 1 atom stereocenters. The molecule has 1 saturated heterocycles. The number of hydrogen-bond donors (Lipinski definition) is 0. The molecular formula is C18H22F3N3O6S. The maximum absolute atomic E-state index is 13.3. The number of para-hydroxylation sites is 1. The Labute approximate surface area is 177 Å². The molecule has 0 spiro atoms. The fourth-order valence-electron chi connectivity index (χ4n) is 3.03. The summed E-state index contributed by atoms with van der Waals surface area (Å²) in [7, 11) is -4.84. The number of alkyl halides is 3. The predicted molar refractivity (Wildman–Crippen MR) is 105 cm³/mol. The van der Waals surface area contributed by atoms with Gasteiger partial charge < -0.3 is 14.5 Å². The van der Waals surface area contributed by atoms with Gasteiger partial charge >= 0.3 is 21.6 Å². The van der Waals surface area contributed by atoms with E-state index in [2.05, 4.69) is 14.7 Å². The fraction of sp³-hybridized carbons (Fsp3) is 0.500. The van der Waals surface area contributed by atoms with Crippen molar-refractivity contribution >= 4 is 33.4 Å². The molecule has 0 aliphatic carbocycles.